The van der Waals surface area contributed by atoms with Gasteiger partial charge in [0.1, 0.15) is 10.6 Å². The summed E-state index contributed by atoms with van der Waals surface area (Å²) in [6.45, 7) is 11.4. The van der Waals surface area contributed by atoms with Gasteiger partial charge in [0.15, 0.2) is 11.9 Å². The molecule has 1 atom stereocenters. The molecular weight excluding hydrogens is 685 g/mol. The molecule has 1 unspecified atom stereocenters. The number of ether oxygens (including phenoxy) is 3. The zero-order valence-corrected chi connectivity index (χ0v) is 30.8. The Morgan fingerprint density at radius 1 is 1.04 bits per heavy atom. The third-order valence-electron chi connectivity index (χ3n) is 8.26. The second-order valence-electron chi connectivity index (χ2n) is 13.0. The van der Waals surface area contributed by atoms with Crippen LogP contribution in [-0.4, -0.2) is 38.3 Å². The predicted molar refractivity (Wildman–Crippen MR) is 194 cm³/mol. The topological polar surface area (TPSA) is 102 Å². The SMILES string of the molecule is CCOc1c(Cl)cccc1S(=O)(=O)N(Cc1ccc(Cl)cc1)c1cc(C)c(-c2ccc3c(c2)CCCO3)c(C(OC(C)(C)C)C(=O)O)c1C. The van der Waals surface area contributed by atoms with Gasteiger partial charge < -0.3 is 19.3 Å². The lowest BCUT2D eigenvalue weighted by molar-refractivity contribution is -0.160. The van der Waals surface area contributed by atoms with E-state index in [-0.39, 0.29) is 28.8 Å². The summed E-state index contributed by atoms with van der Waals surface area (Å²) in [5, 5.41) is 11.4. The molecule has 0 saturated carbocycles. The fourth-order valence-corrected chi connectivity index (χ4v) is 8.22. The van der Waals surface area contributed by atoms with Crippen molar-refractivity contribution in [1.29, 1.82) is 0 Å². The Labute approximate surface area is 298 Å². The van der Waals surface area contributed by atoms with E-state index in [0.29, 0.717) is 45.1 Å². The van der Waals surface area contributed by atoms with Crippen LogP contribution < -0.4 is 13.8 Å². The fraction of sp³-hybridized carbons (Fsp3) is 0.342. The molecule has 1 heterocycles. The maximum Gasteiger partial charge on any atom is 0.337 e. The largest absolute Gasteiger partial charge is 0.493 e. The van der Waals surface area contributed by atoms with E-state index in [1.807, 2.05) is 25.1 Å². The number of sulfonamides is 1. The smallest absolute Gasteiger partial charge is 0.337 e. The van der Waals surface area contributed by atoms with Crippen molar-refractivity contribution >= 4 is 44.9 Å². The minimum absolute atomic E-state index is 0.0368. The molecule has 0 aromatic heterocycles. The van der Waals surface area contributed by atoms with E-state index >= 15 is 0 Å². The lowest BCUT2D eigenvalue weighted by Crippen LogP contribution is -2.33. The van der Waals surface area contributed by atoms with Crippen molar-refractivity contribution < 1.29 is 32.5 Å². The Hall–Kier alpha value is -3.76. The van der Waals surface area contributed by atoms with Crippen LogP contribution in [0.15, 0.2) is 71.6 Å². The minimum Gasteiger partial charge on any atom is -0.493 e. The second kappa shape index (κ2) is 14.6. The highest BCUT2D eigenvalue weighted by atomic mass is 35.5. The summed E-state index contributed by atoms with van der Waals surface area (Å²) >= 11 is 12.7. The molecule has 0 radical (unpaired) electrons. The van der Waals surface area contributed by atoms with Gasteiger partial charge in [0, 0.05) is 10.6 Å². The maximum atomic E-state index is 14.9. The molecule has 0 bridgehead atoms. The lowest BCUT2D eigenvalue weighted by Gasteiger charge is -2.33. The number of anilines is 1. The van der Waals surface area contributed by atoms with E-state index in [1.165, 1.54) is 10.4 Å². The molecule has 1 aliphatic rings. The van der Waals surface area contributed by atoms with Crippen LogP contribution in [0.1, 0.15) is 68.0 Å². The van der Waals surface area contributed by atoms with Crippen LogP contribution in [-0.2, 0) is 32.5 Å². The zero-order chi connectivity index (χ0) is 35.7. The van der Waals surface area contributed by atoms with Gasteiger partial charge in [-0.1, -0.05) is 47.5 Å². The van der Waals surface area contributed by atoms with Gasteiger partial charge in [-0.15, -0.1) is 0 Å². The number of halogens is 2. The third kappa shape index (κ3) is 7.86. The summed E-state index contributed by atoms with van der Waals surface area (Å²) in [6, 6.07) is 19.1. The molecule has 0 fully saturated rings. The van der Waals surface area contributed by atoms with Crippen LogP contribution in [0.4, 0.5) is 5.69 Å². The first-order valence-electron chi connectivity index (χ1n) is 16.1. The fourth-order valence-electron chi connectivity index (χ4n) is 6.15. The molecule has 0 amide bonds. The van der Waals surface area contributed by atoms with Crippen molar-refractivity contribution in [2.75, 3.05) is 17.5 Å². The van der Waals surface area contributed by atoms with Crippen LogP contribution in [0.3, 0.4) is 0 Å². The van der Waals surface area contributed by atoms with Crippen LogP contribution in [0.25, 0.3) is 11.1 Å². The van der Waals surface area contributed by atoms with Gasteiger partial charge in [-0.3, -0.25) is 4.31 Å². The van der Waals surface area contributed by atoms with E-state index < -0.39 is 27.7 Å². The molecular formula is C38H41Cl2NO7S. The molecule has 1 aliphatic heterocycles. The van der Waals surface area contributed by atoms with E-state index in [9.17, 15) is 18.3 Å². The molecule has 11 heteroatoms. The molecule has 49 heavy (non-hydrogen) atoms. The van der Waals surface area contributed by atoms with Gasteiger partial charge in [-0.25, -0.2) is 13.2 Å². The van der Waals surface area contributed by atoms with Gasteiger partial charge in [0.05, 0.1) is 36.1 Å². The summed E-state index contributed by atoms with van der Waals surface area (Å²) in [7, 11) is -4.38. The van der Waals surface area contributed by atoms with E-state index in [2.05, 4.69) is 0 Å². The average molecular weight is 727 g/mol. The van der Waals surface area contributed by atoms with Gasteiger partial charge in [-0.2, -0.15) is 0 Å². The molecule has 5 rings (SSSR count). The Bertz CT molecular complexity index is 1970. The van der Waals surface area contributed by atoms with Crippen molar-refractivity contribution in [2.24, 2.45) is 0 Å². The number of nitrogens with zero attached hydrogens (tertiary/aromatic N) is 1. The van der Waals surface area contributed by atoms with Crippen molar-refractivity contribution in [3.63, 3.8) is 0 Å². The Kier molecular flexibility index (Phi) is 10.9. The number of rotatable bonds is 11. The van der Waals surface area contributed by atoms with Crippen molar-refractivity contribution in [3.8, 4) is 22.6 Å². The Morgan fingerprint density at radius 3 is 2.41 bits per heavy atom. The lowest BCUT2D eigenvalue weighted by atomic mass is 9.86. The monoisotopic (exact) mass is 725 g/mol. The Morgan fingerprint density at radius 2 is 1.76 bits per heavy atom. The van der Waals surface area contributed by atoms with Gasteiger partial charge in [0.2, 0.25) is 0 Å². The van der Waals surface area contributed by atoms with Crippen LogP contribution in [0.5, 0.6) is 11.5 Å². The molecule has 4 aromatic rings. The summed E-state index contributed by atoms with van der Waals surface area (Å²) in [4.78, 5) is 13.0. The summed E-state index contributed by atoms with van der Waals surface area (Å²) in [6.07, 6.45) is 0.270. The maximum absolute atomic E-state index is 14.9. The van der Waals surface area contributed by atoms with Crippen LogP contribution in [0.2, 0.25) is 10.0 Å². The molecule has 260 valence electrons. The van der Waals surface area contributed by atoms with Crippen LogP contribution >= 0.6 is 23.2 Å². The summed E-state index contributed by atoms with van der Waals surface area (Å²) in [5.41, 5.74) is 4.04. The molecule has 4 aromatic carbocycles. The summed E-state index contributed by atoms with van der Waals surface area (Å²) in [5.74, 6) is -0.359. The minimum atomic E-state index is -4.38. The van der Waals surface area contributed by atoms with Gasteiger partial charge >= 0.3 is 5.97 Å². The van der Waals surface area contributed by atoms with E-state index in [1.54, 1.807) is 77.1 Å². The number of fused-ring (bicyclic) bond motifs is 1. The number of hydrogen-bond donors (Lipinski definition) is 1. The number of aryl methyl sites for hydroxylation is 2. The van der Waals surface area contributed by atoms with Gasteiger partial charge in [-0.05, 0) is 130 Å². The average Bonchev–Trinajstić information content (AvgIpc) is 3.04. The normalized spacial score (nSPS) is 13.7. The van der Waals surface area contributed by atoms with Crippen molar-refractivity contribution in [3.05, 3.63) is 105 Å². The highest BCUT2D eigenvalue weighted by molar-refractivity contribution is 7.93. The second-order valence-corrected chi connectivity index (χ2v) is 15.7. The molecule has 0 aliphatic carbocycles. The van der Waals surface area contributed by atoms with E-state index in [4.69, 9.17) is 37.4 Å². The Balaban J connectivity index is 1.83. The number of carboxylic acids is 1. The number of para-hydroxylation sites is 1. The number of aliphatic carboxylic acids is 1. The number of benzene rings is 4. The quantitative estimate of drug-likeness (QED) is 0.164. The predicted octanol–water partition coefficient (Wildman–Crippen LogP) is 9.34. The van der Waals surface area contributed by atoms with E-state index in [0.717, 1.165) is 29.7 Å². The standard InChI is InChI=1S/C38H41Cl2NO7S/c1-7-46-35-29(40)11-8-12-32(35)49(44,45)41(22-25-13-16-28(39)17-14-25)30-20-23(2)33(27-15-18-31-26(21-27)10-9-19-47-31)34(24(30)3)36(37(42)43)48-38(4,5)6/h8,11-18,20-21,36H,7,9-10,19,22H2,1-6H3,(H,42,43). The first-order chi connectivity index (χ1) is 23.1. The first kappa shape index (κ1) is 36.5. The molecule has 1 N–H and O–H groups in total. The zero-order valence-electron chi connectivity index (χ0n) is 28.5. The van der Waals surface area contributed by atoms with Gasteiger partial charge in [0.25, 0.3) is 10.0 Å². The highest BCUT2D eigenvalue weighted by Crippen LogP contribution is 2.45. The van der Waals surface area contributed by atoms with Crippen LogP contribution in [0, 0.1) is 13.8 Å². The van der Waals surface area contributed by atoms with Crippen molar-refractivity contribution in [2.45, 2.75) is 77.5 Å². The summed E-state index contributed by atoms with van der Waals surface area (Å²) < 4.78 is 48.9. The molecule has 0 saturated heterocycles. The van der Waals surface area contributed by atoms with Crippen molar-refractivity contribution in [1.82, 2.24) is 0 Å². The molecule has 8 nitrogen and oxygen atoms in total. The number of carboxylic acid groups (broad SMARTS) is 1. The number of carbonyl (C=O) groups is 1. The number of hydrogen-bond acceptors (Lipinski definition) is 6. The third-order valence-corrected chi connectivity index (χ3v) is 10.6. The molecule has 0 spiro atoms. The first-order valence-corrected chi connectivity index (χ1v) is 18.3. The highest BCUT2D eigenvalue weighted by Gasteiger charge is 2.36.